The molecule has 1 fully saturated rings. The van der Waals surface area contributed by atoms with Crippen molar-refractivity contribution in [2.24, 2.45) is 0 Å². The second-order valence-corrected chi connectivity index (χ2v) is 4.93. The summed E-state index contributed by atoms with van der Waals surface area (Å²) >= 11 is 0. The molecular formula is C14H27N3O3. The molecule has 1 N–H and O–H groups in total. The maximum absolute atomic E-state index is 12.0. The van der Waals surface area contributed by atoms with Crippen molar-refractivity contribution in [2.45, 2.75) is 33.2 Å². The molecule has 0 aromatic rings. The van der Waals surface area contributed by atoms with Gasteiger partial charge in [0.2, 0.25) is 11.8 Å². The lowest BCUT2D eigenvalue weighted by atomic mass is 10.2. The number of morpholine rings is 1. The van der Waals surface area contributed by atoms with Gasteiger partial charge in [-0.25, -0.2) is 0 Å². The van der Waals surface area contributed by atoms with Gasteiger partial charge < -0.3 is 19.9 Å². The molecular weight excluding hydrogens is 258 g/mol. The van der Waals surface area contributed by atoms with Gasteiger partial charge in [0, 0.05) is 39.1 Å². The van der Waals surface area contributed by atoms with E-state index >= 15 is 0 Å². The van der Waals surface area contributed by atoms with E-state index in [-0.39, 0.29) is 17.9 Å². The van der Waals surface area contributed by atoms with Gasteiger partial charge in [-0.15, -0.1) is 0 Å². The van der Waals surface area contributed by atoms with Gasteiger partial charge in [0.1, 0.15) is 0 Å². The largest absolute Gasteiger partial charge is 0.378 e. The van der Waals surface area contributed by atoms with E-state index in [2.05, 4.69) is 5.32 Å². The van der Waals surface area contributed by atoms with Crippen LogP contribution in [0.3, 0.4) is 0 Å². The number of nitrogens with one attached hydrogen (secondary N) is 1. The summed E-state index contributed by atoms with van der Waals surface area (Å²) in [4.78, 5) is 27.6. The summed E-state index contributed by atoms with van der Waals surface area (Å²) in [5, 5.41) is 3.13. The number of hydrogen-bond donors (Lipinski definition) is 1. The smallest absolute Gasteiger partial charge is 0.239 e. The van der Waals surface area contributed by atoms with Crippen LogP contribution in [-0.4, -0.2) is 73.6 Å². The number of ether oxygens (including phenoxy) is 1. The number of carbonyl (C=O) groups excluding carboxylic acids is 2. The van der Waals surface area contributed by atoms with Crippen LogP contribution >= 0.6 is 0 Å². The Kier molecular flexibility index (Phi) is 7.54. The summed E-state index contributed by atoms with van der Waals surface area (Å²) in [5.41, 5.74) is 0. The monoisotopic (exact) mass is 285 g/mol. The summed E-state index contributed by atoms with van der Waals surface area (Å²) in [5.74, 6) is 0.220. The maximum atomic E-state index is 12.0. The third-order valence-electron chi connectivity index (χ3n) is 3.60. The fraction of sp³-hybridized carbons (Fsp3) is 0.857. The lowest BCUT2D eigenvalue weighted by Gasteiger charge is -2.27. The molecule has 0 spiro atoms. The number of hydrogen-bond acceptors (Lipinski definition) is 4. The summed E-state index contributed by atoms with van der Waals surface area (Å²) in [6, 6.07) is -0.243. The van der Waals surface area contributed by atoms with Crippen molar-refractivity contribution >= 4 is 11.8 Å². The van der Waals surface area contributed by atoms with Gasteiger partial charge in [0.15, 0.2) is 0 Å². The fourth-order valence-electron chi connectivity index (χ4n) is 2.26. The molecule has 1 heterocycles. The first-order chi connectivity index (χ1) is 9.60. The van der Waals surface area contributed by atoms with E-state index in [0.717, 1.165) is 0 Å². The van der Waals surface area contributed by atoms with Crippen LogP contribution in [0.25, 0.3) is 0 Å². The molecule has 20 heavy (non-hydrogen) atoms. The number of carbonyl (C=O) groups is 2. The second kappa shape index (κ2) is 8.92. The highest BCUT2D eigenvalue weighted by atomic mass is 16.5. The average molecular weight is 285 g/mol. The first-order valence-corrected chi connectivity index (χ1v) is 7.47. The van der Waals surface area contributed by atoms with Gasteiger partial charge in [-0.3, -0.25) is 9.59 Å². The van der Waals surface area contributed by atoms with E-state index in [1.165, 1.54) is 0 Å². The molecule has 0 saturated carbocycles. The summed E-state index contributed by atoms with van der Waals surface area (Å²) in [6.07, 6.45) is 0.426. The second-order valence-electron chi connectivity index (χ2n) is 4.93. The molecule has 1 unspecified atom stereocenters. The number of rotatable bonds is 7. The predicted octanol–water partition coefficient (Wildman–Crippen LogP) is 0.0818. The van der Waals surface area contributed by atoms with Crippen LogP contribution in [-0.2, 0) is 14.3 Å². The van der Waals surface area contributed by atoms with Crippen molar-refractivity contribution in [3.05, 3.63) is 0 Å². The summed E-state index contributed by atoms with van der Waals surface area (Å²) < 4.78 is 5.22. The highest BCUT2D eigenvalue weighted by Gasteiger charge is 2.19. The Bertz CT molecular complexity index is 313. The Labute approximate surface area is 121 Å². The number of likely N-dealkylation sites (N-methyl/N-ethyl adjacent to an activating group) is 1. The average Bonchev–Trinajstić information content (AvgIpc) is 2.49. The molecule has 1 atom stereocenters. The van der Waals surface area contributed by atoms with Crippen LogP contribution in [0.15, 0.2) is 0 Å². The standard InChI is InChI=1S/C14H27N3O3/c1-4-16(5-2)14(19)12(3)15-7-6-13(18)17-8-10-20-11-9-17/h12,15H,4-11H2,1-3H3. The first kappa shape index (κ1) is 16.9. The van der Waals surface area contributed by atoms with E-state index < -0.39 is 0 Å². The van der Waals surface area contributed by atoms with Crippen LogP contribution in [0.2, 0.25) is 0 Å². The van der Waals surface area contributed by atoms with Crippen LogP contribution in [0.5, 0.6) is 0 Å². The van der Waals surface area contributed by atoms with Crippen molar-refractivity contribution in [2.75, 3.05) is 45.9 Å². The van der Waals surface area contributed by atoms with Gasteiger partial charge in [0.05, 0.1) is 19.3 Å². The lowest BCUT2D eigenvalue weighted by Crippen LogP contribution is -2.46. The fourth-order valence-corrected chi connectivity index (χ4v) is 2.26. The number of nitrogens with zero attached hydrogens (tertiary/aromatic N) is 2. The molecule has 1 aliphatic heterocycles. The quantitative estimate of drug-likeness (QED) is 0.720. The highest BCUT2D eigenvalue weighted by Crippen LogP contribution is 2.00. The van der Waals surface area contributed by atoms with Crippen molar-refractivity contribution < 1.29 is 14.3 Å². The van der Waals surface area contributed by atoms with Gasteiger partial charge in [0.25, 0.3) is 0 Å². The minimum atomic E-state index is -0.243. The molecule has 1 aliphatic rings. The third kappa shape index (κ3) is 5.09. The maximum Gasteiger partial charge on any atom is 0.239 e. The van der Waals surface area contributed by atoms with E-state index in [4.69, 9.17) is 4.74 Å². The minimum Gasteiger partial charge on any atom is -0.378 e. The molecule has 1 saturated heterocycles. The van der Waals surface area contributed by atoms with E-state index in [1.54, 1.807) is 4.90 Å². The molecule has 1 rings (SSSR count). The summed E-state index contributed by atoms with van der Waals surface area (Å²) in [6.45, 7) is 10.3. The van der Waals surface area contributed by atoms with Crippen LogP contribution in [0.1, 0.15) is 27.2 Å². The van der Waals surface area contributed by atoms with Crippen LogP contribution in [0.4, 0.5) is 0 Å². The highest BCUT2D eigenvalue weighted by molar-refractivity contribution is 5.81. The van der Waals surface area contributed by atoms with E-state index in [0.29, 0.717) is 52.4 Å². The van der Waals surface area contributed by atoms with Gasteiger partial charge >= 0.3 is 0 Å². The van der Waals surface area contributed by atoms with Crippen molar-refractivity contribution in [3.63, 3.8) is 0 Å². The zero-order chi connectivity index (χ0) is 15.0. The Morgan fingerprint density at radius 2 is 1.85 bits per heavy atom. The molecule has 0 aromatic heterocycles. The first-order valence-electron chi connectivity index (χ1n) is 7.47. The minimum absolute atomic E-state index is 0.0915. The normalized spacial score (nSPS) is 16.9. The van der Waals surface area contributed by atoms with E-state index in [9.17, 15) is 9.59 Å². The Morgan fingerprint density at radius 1 is 1.25 bits per heavy atom. The zero-order valence-electron chi connectivity index (χ0n) is 12.9. The molecule has 0 radical (unpaired) electrons. The molecule has 116 valence electrons. The molecule has 6 heteroatoms. The van der Waals surface area contributed by atoms with Crippen LogP contribution in [0, 0.1) is 0 Å². The molecule has 0 aromatic carbocycles. The lowest BCUT2D eigenvalue weighted by molar-refractivity contribution is -0.136. The van der Waals surface area contributed by atoms with Gasteiger partial charge in [-0.2, -0.15) is 0 Å². The Balaban J connectivity index is 2.25. The SMILES string of the molecule is CCN(CC)C(=O)C(C)NCCC(=O)N1CCOCC1. The third-order valence-corrected chi connectivity index (χ3v) is 3.60. The summed E-state index contributed by atoms with van der Waals surface area (Å²) in [7, 11) is 0. The molecule has 6 nitrogen and oxygen atoms in total. The molecule has 0 bridgehead atoms. The van der Waals surface area contributed by atoms with Crippen molar-refractivity contribution in [3.8, 4) is 0 Å². The molecule has 2 amide bonds. The van der Waals surface area contributed by atoms with Crippen LogP contribution < -0.4 is 5.32 Å². The molecule has 0 aliphatic carbocycles. The van der Waals surface area contributed by atoms with Gasteiger partial charge in [-0.05, 0) is 20.8 Å². The Hall–Kier alpha value is -1.14. The Morgan fingerprint density at radius 3 is 2.40 bits per heavy atom. The predicted molar refractivity (Wildman–Crippen MR) is 77.4 cm³/mol. The van der Waals surface area contributed by atoms with Crippen molar-refractivity contribution in [1.82, 2.24) is 15.1 Å². The zero-order valence-corrected chi connectivity index (χ0v) is 12.9. The van der Waals surface area contributed by atoms with Crippen molar-refractivity contribution in [1.29, 1.82) is 0 Å². The number of amides is 2. The van der Waals surface area contributed by atoms with E-state index in [1.807, 2.05) is 25.7 Å². The topological polar surface area (TPSA) is 61.9 Å². The van der Waals surface area contributed by atoms with Gasteiger partial charge in [-0.1, -0.05) is 0 Å².